The Morgan fingerprint density at radius 1 is 1.21 bits per heavy atom. The number of nitrogens with one attached hydrogen (secondary N) is 1. The zero-order valence-corrected chi connectivity index (χ0v) is 16.8. The van der Waals surface area contributed by atoms with Crippen molar-refractivity contribution in [3.05, 3.63) is 64.7 Å². The van der Waals surface area contributed by atoms with Gasteiger partial charge < -0.3 is 19.5 Å². The Morgan fingerprint density at radius 2 is 1.97 bits per heavy atom. The van der Waals surface area contributed by atoms with Gasteiger partial charge in [-0.1, -0.05) is 41.9 Å². The molecule has 0 fully saturated rings. The number of amides is 1. The van der Waals surface area contributed by atoms with Gasteiger partial charge in [-0.25, -0.2) is 4.79 Å². The molecule has 0 radical (unpaired) electrons. The van der Waals surface area contributed by atoms with Gasteiger partial charge in [-0.15, -0.1) is 0 Å². The van der Waals surface area contributed by atoms with Gasteiger partial charge in [0.05, 0.1) is 18.2 Å². The summed E-state index contributed by atoms with van der Waals surface area (Å²) in [7, 11) is 0. The predicted molar refractivity (Wildman–Crippen MR) is 110 cm³/mol. The lowest BCUT2D eigenvalue weighted by molar-refractivity contribution is -0.150. The second-order valence-corrected chi connectivity index (χ2v) is 6.90. The van der Waals surface area contributed by atoms with E-state index >= 15 is 0 Å². The van der Waals surface area contributed by atoms with Crippen LogP contribution in [0.25, 0.3) is 6.08 Å². The zero-order chi connectivity index (χ0) is 20.6. The van der Waals surface area contributed by atoms with Crippen molar-refractivity contribution in [1.82, 2.24) is 5.32 Å². The Balaban J connectivity index is 1.54. The Kier molecular flexibility index (Phi) is 7.14. The minimum absolute atomic E-state index is 0.366. The average Bonchev–Trinajstić information content (AvgIpc) is 2.97. The molecule has 1 heterocycles. The number of hydrogen-bond acceptors (Lipinski definition) is 5. The van der Waals surface area contributed by atoms with Crippen molar-refractivity contribution < 1.29 is 23.8 Å². The van der Waals surface area contributed by atoms with E-state index < -0.39 is 12.1 Å². The lowest BCUT2D eigenvalue weighted by Crippen LogP contribution is -2.35. The second-order valence-electron chi connectivity index (χ2n) is 6.50. The quantitative estimate of drug-likeness (QED) is 0.574. The van der Waals surface area contributed by atoms with E-state index in [2.05, 4.69) is 5.32 Å². The molecule has 2 aromatic carbocycles. The summed E-state index contributed by atoms with van der Waals surface area (Å²) in [5, 5.41) is 3.15. The number of benzene rings is 2. The van der Waals surface area contributed by atoms with Crippen molar-refractivity contribution in [3.8, 4) is 11.5 Å². The Hall–Kier alpha value is -2.99. The normalized spacial score (nSPS) is 14.1. The van der Waals surface area contributed by atoms with Crippen LogP contribution in [0.2, 0.25) is 5.02 Å². The van der Waals surface area contributed by atoms with Gasteiger partial charge in [-0.05, 0) is 36.3 Å². The molecular formula is C22H22ClNO5. The molecule has 0 aromatic heterocycles. The molecule has 2 aromatic rings. The van der Waals surface area contributed by atoms with Gasteiger partial charge >= 0.3 is 5.97 Å². The molecule has 1 N–H and O–H groups in total. The van der Waals surface area contributed by atoms with E-state index in [9.17, 15) is 9.59 Å². The molecule has 6 nitrogen and oxygen atoms in total. The average molecular weight is 416 g/mol. The lowest BCUT2D eigenvalue weighted by Gasteiger charge is -2.12. The van der Waals surface area contributed by atoms with E-state index in [4.69, 9.17) is 25.8 Å². The smallest absolute Gasteiger partial charge is 0.331 e. The number of rotatable bonds is 6. The van der Waals surface area contributed by atoms with E-state index in [-0.39, 0.29) is 5.91 Å². The number of ether oxygens (including phenoxy) is 3. The molecule has 1 aliphatic rings. The monoisotopic (exact) mass is 415 g/mol. The van der Waals surface area contributed by atoms with Crippen LogP contribution in [0, 0.1) is 0 Å². The minimum atomic E-state index is -0.914. The SMILES string of the molecule is C[C@H](OC(=O)/C=C/c1cc(Cl)c2c(c1)OCCCO2)C(=O)NCc1ccccc1. The maximum atomic E-state index is 12.1. The number of carbonyl (C=O) groups excluding carboxylic acids is 2. The predicted octanol–water partition coefficient (Wildman–Crippen LogP) is 3.76. The van der Waals surface area contributed by atoms with Crippen LogP contribution in [0.15, 0.2) is 48.5 Å². The van der Waals surface area contributed by atoms with Gasteiger partial charge in [-0.2, -0.15) is 0 Å². The van der Waals surface area contributed by atoms with Crippen LogP contribution in [0.3, 0.4) is 0 Å². The van der Waals surface area contributed by atoms with Crippen LogP contribution >= 0.6 is 11.6 Å². The van der Waals surface area contributed by atoms with Gasteiger partial charge in [0.15, 0.2) is 17.6 Å². The molecule has 29 heavy (non-hydrogen) atoms. The number of hydrogen-bond donors (Lipinski definition) is 1. The van der Waals surface area contributed by atoms with Gasteiger partial charge in [0.25, 0.3) is 5.91 Å². The molecule has 0 unspecified atom stereocenters. The number of carbonyl (C=O) groups is 2. The Labute approximate surface area is 174 Å². The van der Waals surface area contributed by atoms with Crippen molar-refractivity contribution in [2.75, 3.05) is 13.2 Å². The van der Waals surface area contributed by atoms with Gasteiger partial charge in [0, 0.05) is 19.0 Å². The van der Waals surface area contributed by atoms with Gasteiger partial charge in [-0.3, -0.25) is 4.79 Å². The van der Waals surface area contributed by atoms with Crippen LogP contribution in [-0.4, -0.2) is 31.2 Å². The van der Waals surface area contributed by atoms with Crippen molar-refractivity contribution in [2.45, 2.75) is 26.0 Å². The van der Waals surface area contributed by atoms with E-state index in [1.165, 1.54) is 13.0 Å². The molecule has 152 valence electrons. The lowest BCUT2D eigenvalue weighted by atomic mass is 10.2. The molecule has 0 saturated heterocycles. The highest BCUT2D eigenvalue weighted by atomic mass is 35.5. The summed E-state index contributed by atoms with van der Waals surface area (Å²) in [6.07, 6.45) is 2.66. The first kappa shape index (κ1) is 20.7. The van der Waals surface area contributed by atoms with Crippen molar-refractivity contribution >= 4 is 29.6 Å². The van der Waals surface area contributed by atoms with E-state index in [0.717, 1.165) is 12.0 Å². The van der Waals surface area contributed by atoms with Crippen molar-refractivity contribution in [3.63, 3.8) is 0 Å². The summed E-state index contributed by atoms with van der Waals surface area (Å²) in [6.45, 7) is 2.97. The maximum Gasteiger partial charge on any atom is 0.331 e. The van der Waals surface area contributed by atoms with Crippen LogP contribution in [0.5, 0.6) is 11.5 Å². The standard InChI is InChI=1S/C22H22ClNO5/c1-15(22(26)24-14-16-6-3-2-4-7-16)29-20(25)9-8-17-12-18(23)21-19(13-17)27-10-5-11-28-21/h2-4,6-9,12-13,15H,5,10-11,14H2,1H3,(H,24,26)/b9-8+/t15-/m0/s1. The summed E-state index contributed by atoms with van der Waals surface area (Å²) in [4.78, 5) is 24.2. The molecule has 3 rings (SSSR count). The van der Waals surface area contributed by atoms with E-state index in [1.54, 1.807) is 18.2 Å². The van der Waals surface area contributed by atoms with Crippen LogP contribution in [0.1, 0.15) is 24.5 Å². The second kappa shape index (κ2) is 9.98. The highest BCUT2D eigenvalue weighted by Crippen LogP contribution is 2.38. The summed E-state index contributed by atoms with van der Waals surface area (Å²) in [6, 6.07) is 12.9. The summed E-state index contributed by atoms with van der Waals surface area (Å²) >= 11 is 6.24. The fraction of sp³-hybridized carbons (Fsp3) is 0.273. The summed E-state index contributed by atoms with van der Waals surface area (Å²) in [5.41, 5.74) is 1.63. The third-order valence-electron chi connectivity index (χ3n) is 4.21. The van der Waals surface area contributed by atoms with Crippen LogP contribution < -0.4 is 14.8 Å². The molecule has 0 spiro atoms. The molecule has 1 aliphatic heterocycles. The van der Waals surface area contributed by atoms with Gasteiger partial charge in [0.1, 0.15) is 0 Å². The molecule has 1 atom stereocenters. The minimum Gasteiger partial charge on any atom is -0.489 e. The van der Waals surface area contributed by atoms with Crippen LogP contribution in [-0.2, 0) is 20.9 Å². The number of esters is 1. The van der Waals surface area contributed by atoms with Gasteiger partial charge in [0.2, 0.25) is 0 Å². The summed E-state index contributed by atoms with van der Waals surface area (Å²) < 4.78 is 16.4. The Bertz CT molecular complexity index is 898. The third-order valence-corrected chi connectivity index (χ3v) is 4.49. The summed E-state index contributed by atoms with van der Waals surface area (Å²) in [5.74, 6) is 0.0501. The fourth-order valence-electron chi connectivity index (χ4n) is 2.71. The van der Waals surface area contributed by atoms with Crippen LogP contribution in [0.4, 0.5) is 0 Å². The van der Waals surface area contributed by atoms with E-state index in [1.807, 2.05) is 30.3 Å². The molecule has 1 amide bonds. The third kappa shape index (κ3) is 5.99. The zero-order valence-electron chi connectivity index (χ0n) is 16.0. The number of halogens is 1. The molecule has 0 bridgehead atoms. The van der Waals surface area contributed by atoms with Crippen molar-refractivity contribution in [2.24, 2.45) is 0 Å². The Morgan fingerprint density at radius 3 is 2.76 bits per heavy atom. The van der Waals surface area contributed by atoms with Crippen molar-refractivity contribution in [1.29, 1.82) is 0 Å². The highest BCUT2D eigenvalue weighted by Gasteiger charge is 2.17. The molecule has 7 heteroatoms. The first-order chi connectivity index (χ1) is 14.0. The molecule has 0 aliphatic carbocycles. The largest absolute Gasteiger partial charge is 0.489 e. The highest BCUT2D eigenvalue weighted by molar-refractivity contribution is 6.32. The first-order valence-corrected chi connectivity index (χ1v) is 9.70. The molecular weight excluding hydrogens is 394 g/mol. The number of fused-ring (bicyclic) bond motifs is 1. The first-order valence-electron chi connectivity index (χ1n) is 9.32. The molecule has 0 saturated carbocycles. The van der Waals surface area contributed by atoms with E-state index in [0.29, 0.717) is 41.8 Å². The fourth-order valence-corrected chi connectivity index (χ4v) is 2.98. The topological polar surface area (TPSA) is 73.9 Å². The maximum absolute atomic E-state index is 12.1.